The van der Waals surface area contributed by atoms with Crippen LogP contribution in [0.1, 0.15) is 26.2 Å². The van der Waals surface area contributed by atoms with Gasteiger partial charge in [0.05, 0.1) is 6.61 Å². The summed E-state index contributed by atoms with van der Waals surface area (Å²) < 4.78 is 17.0. The molecule has 0 spiro atoms. The van der Waals surface area contributed by atoms with E-state index in [-0.39, 0.29) is 11.9 Å². The van der Waals surface area contributed by atoms with E-state index in [1.54, 1.807) is 6.92 Å². The Labute approximate surface area is 65.7 Å². The minimum absolute atomic E-state index is 0.190. The van der Waals surface area contributed by atoms with E-state index in [9.17, 15) is 9.18 Å². The van der Waals surface area contributed by atoms with Crippen LogP contribution < -0.4 is 0 Å². The van der Waals surface area contributed by atoms with Gasteiger partial charge in [-0.1, -0.05) is 0 Å². The molecule has 0 radical (unpaired) electrons. The molecule has 64 valence electrons. The summed E-state index contributed by atoms with van der Waals surface area (Å²) in [7, 11) is 0. The third kappa shape index (κ3) is 2.48. The highest BCUT2D eigenvalue weighted by Crippen LogP contribution is 2.32. The van der Waals surface area contributed by atoms with Crippen molar-refractivity contribution in [2.24, 2.45) is 5.92 Å². The summed E-state index contributed by atoms with van der Waals surface area (Å²) in [5.41, 5.74) is 0. The normalized spacial score (nSPS) is 29.3. The summed E-state index contributed by atoms with van der Waals surface area (Å²) in [6, 6.07) is 0. The molecule has 0 aromatic carbocycles. The maximum atomic E-state index is 12.3. The van der Waals surface area contributed by atoms with Crippen molar-refractivity contribution in [2.75, 3.05) is 6.61 Å². The lowest BCUT2D eigenvalue weighted by atomic mass is 9.81. The number of rotatable bonds is 3. The predicted molar refractivity (Wildman–Crippen MR) is 38.9 cm³/mol. The Morgan fingerprint density at radius 3 is 2.73 bits per heavy atom. The molecular weight excluding hydrogens is 147 g/mol. The third-order valence-electron chi connectivity index (χ3n) is 1.94. The van der Waals surface area contributed by atoms with Gasteiger partial charge in [0.15, 0.2) is 0 Å². The fourth-order valence-corrected chi connectivity index (χ4v) is 1.28. The molecule has 0 aromatic rings. The third-order valence-corrected chi connectivity index (χ3v) is 1.94. The Morgan fingerprint density at radius 2 is 2.27 bits per heavy atom. The lowest BCUT2D eigenvalue weighted by molar-refractivity contribution is -0.145. The summed E-state index contributed by atoms with van der Waals surface area (Å²) in [5, 5.41) is 0. The van der Waals surface area contributed by atoms with Gasteiger partial charge in [-0.3, -0.25) is 4.79 Å². The van der Waals surface area contributed by atoms with E-state index in [2.05, 4.69) is 0 Å². The maximum absolute atomic E-state index is 12.3. The lowest BCUT2D eigenvalue weighted by Crippen LogP contribution is -2.27. The summed E-state index contributed by atoms with van der Waals surface area (Å²) >= 11 is 0. The molecule has 0 saturated heterocycles. The zero-order chi connectivity index (χ0) is 8.27. The molecule has 11 heavy (non-hydrogen) atoms. The topological polar surface area (TPSA) is 26.3 Å². The molecule has 3 heteroatoms. The van der Waals surface area contributed by atoms with Gasteiger partial charge >= 0.3 is 5.97 Å². The van der Waals surface area contributed by atoms with Crippen LogP contribution in [0.25, 0.3) is 0 Å². The van der Waals surface area contributed by atoms with Gasteiger partial charge < -0.3 is 4.74 Å². The van der Waals surface area contributed by atoms with Crippen LogP contribution in [0.5, 0.6) is 0 Å². The van der Waals surface area contributed by atoms with Gasteiger partial charge in [0.25, 0.3) is 0 Å². The monoisotopic (exact) mass is 160 g/mol. The van der Waals surface area contributed by atoms with Crippen LogP contribution in [0.3, 0.4) is 0 Å². The minimum atomic E-state index is -0.672. The lowest BCUT2D eigenvalue weighted by Gasteiger charge is -2.28. The molecule has 1 aliphatic rings. The Hall–Kier alpha value is -0.600. The second-order valence-corrected chi connectivity index (χ2v) is 2.94. The number of alkyl halides is 1. The summed E-state index contributed by atoms with van der Waals surface area (Å²) in [6.45, 7) is 2.20. The molecule has 0 atom stereocenters. The first-order valence-corrected chi connectivity index (χ1v) is 4.02. The van der Waals surface area contributed by atoms with E-state index in [1.165, 1.54) is 0 Å². The van der Waals surface area contributed by atoms with Crippen LogP contribution in [0.15, 0.2) is 0 Å². The zero-order valence-electron chi connectivity index (χ0n) is 6.68. The van der Waals surface area contributed by atoms with Crippen molar-refractivity contribution in [2.45, 2.75) is 32.4 Å². The quantitative estimate of drug-likeness (QED) is 0.587. The van der Waals surface area contributed by atoms with E-state index >= 15 is 0 Å². The second kappa shape index (κ2) is 3.69. The van der Waals surface area contributed by atoms with Crippen molar-refractivity contribution in [3.63, 3.8) is 0 Å². The summed E-state index contributed by atoms with van der Waals surface area (Å²) in [5.74, 6) is 0.0495. The molecule has 0 aliphatic heterocycles. The van der Waals surface area contributed by atoms with Crippen molar-refractivity contribution < 1.29 is 13.9 Å². The maximum Gasteiger partial charge on any atom is 0.306 e. The first-order valence-electron chi connectivity index (χ1n) is 4.02. The molecule has 0 amide bonds. The van der Waals surface area contributed by atoms with Crippen LogP contribution in [-0.4, -0.2) is 18.7 Å². The highest BCUT2D eigenvalue weighted by molar-refractivity contribution is 5.69. The van der Waals surface area contributed by atoms with E-state index < -0.39 is 6.17 Å². The van der Waals surface area contributed by atoms with E-state index in [4.69, 9.17) is 4.74 Å². The Kier molecular flexibility index (Phi) is 2.85. The molecule has 0 N–H and O–H groups in total. The molecule has 0 unspecified atom stereocenters. The smallest absolute Gasteiger partial charge is 0.306 e. The van der Waals surface area contributed by atoms with Crippen molar-refractivity contribution in [1.29, 1.82) is 0 Å². The number of hydrogen-bond acceptors (Lipinski definition) is 2. The standard InChI is InChI=1S/C8H13FO2/c1-2-11-8(10)5-6-3-7(9)4-6/h6-7H,2-5H2,1H3. The number of carbonyl (C=O) groups is 1. The van der Waals surface area contributed by atoms with Crippen LogP contribution in [-0.2, 0) is 9.53 Å². The molecular formula is C8H13FO2. The van der Waals surface area contributed by atoms with Gasteiger partial charge in [-0.25, -0.2) is 4.39 Å². The van der Waals surface area contributed by atoms with Gasteiger partial charge in [-0.15, -0.1) is 0 Å². The molecule has 1 rings (SSSR count). The highest BCUT2D eigenvalue weighted by atomic mass is 19.1. The van der Waals surface area contributed by atoms with E-state index in [1.807, 2.05) is 0 Å². The van der Waals surface area contributed by atoms with Crippen LogP contribution >= 0.6 is 0 Å². The van der Waals surface area contributed by atoms with E-state index in [0.29, 0.717) is 25.9 Å². The summed E-state index contributed by atoms with van der Waals surface area (Å²) in [4.78, 5) is 10.8. The average Bonchev–Trinajstić information content (AvgIpc) is 1.85. The summed E-state index contributed by atoms with van der Waals surface area (Å²) in [6.07, 6.45) is 0.806. The predicted octanol–water partition coefficient (Wildman–Crippen LogP) is 1.69. The fraction of sp³-hybridized carbons (Fsp3) is 0.875. The first-order chi connectivity index (χ1) is 5.22. The van der Waals surface area contributed by atoms with Gasteiger partial charge in [-0.2, -0.15) is 0 Å². The van der Waals surface area contributed by atoms with Gasteiger partial charge in [0.2, 0.25) is 0 Å². The van der Waals surface area contributed by atoms with Crippen LogP contribution in [0, 0.1) is 5.92 Å². The van der Waals surface area contributed by atoms with Crippen molar-refractivity contribution in [1.82, 2.24) is 0 Å². The van der Waals surface area contributed by atoms with Gasteiger partial charge in [0.1, 0.15) is 6.17 Å². The largest absolute Gasteiger partial charge is 0.466 e. The molecule has 1 saturated carbocycles. The first kappa shape index (κ1) is 8.50. The molecule has 1 fully saturated rings. The van der Waals surface area contributed by atoms with Crippen molar-refractivity contribution in [3.05, 3.63) is 0 Å². The Morgan fingerprint density at radius 1 is 1.64 bits per heavy atom. The SMILES string of the molecule is CCOC(=O)CC1CC(F)C1. The number of ether oxygens (including phenoxy) is 1. The molecule has 2 nitrogen and oxygen atoms in total. The zero-order valence-corrected chi connectivity index (χ0v) is 6.68. The van der Waals surface area contributed by atoms with Crippen molar-refractivity contribution in [3.8, 4) is 0 Å². The number of hydrogen-bond donors (Lipinski definition) is 0. The molecule has 1 aliphatic carbocycles. The van der Waals surface area contributed by atoms with Crippen LogP contribution in [0.4, 0.5) is 4.39 Å². The minimum Gasteiger partial charge on any atom is -0.466 e. The van der Waals surface area contributed by atoms with Crippen LogP contribution in [0.2, 0.25) is 0 Å². The number of esters is 1. The molecule has 0 heterocycles. The van der Waals surface area contributed by atoms with E-state index in [0.717, 1.165) is 0 Å². The molecule has 0 aromatic heterocycles. The highest BCUT2D eigenvalue weighted by Gasteiger charge is 2.30. The average molecular weight is 160 g/mol. The number of halogens is 1. The molecule has 0 bridgehead atoms. The second-order valence-electron chi connectivity index (χ2n) is 2.94. The van der Waals surface area contributed by atoms with Gasteiger partial charge in [0, 0.05) is 6.42 Å². The Balaban J connectivity index is 2.07. The fourth-order valence-electron chi connectivity index (χ4n) is 1.28. The number of carbonyl (C=O) groups excluding carboxylic acids is 1. The Bertz CT molecular complexity index is 141. The van der Waals surface area contributed by atoms with Gasteiger partial charge in [-0.05, 0) is 25.7 Å². The van der Waals surface area contributed by atoms with Crippen molar-refractivity contribution >= 4 is 5.97 Å².